The number of benzene rings is 9. The quantitative estimate of drug-likeness (QED) is 0.145. The first-order chi connectivity index (χ1) is 29.2. The molecule has 9 aromatic carbocycles. The zero-order chi connectivity index (χ0) is 39.3. The van der Waals surface area contributed by atoms with Crippen LogP contribution < -0.4 is 4.90 Å². The summed E-state index contributed by atoms with van der Waals surface area (Å²) in [4.78, 5) is 2.30. The van der Waals surface area contributed by atoms with E-state index in [1.54, 1.807) is 0 Å². The number of hydrogen-bond acceptors (Lipinski definition) is 3. The number of allylic oxidation sites excluding steroid dienone is 3. The molecule has 0 N–H and O–H groups in total. The molecule has 0 fully saturated rings. The van der Waals surface area contributed by atoms with E-state index in [0.717, 1.165) is 94.2 Å². The zero-order valence-electron chi connectivity index (χ0n) is 32.2. The monoisotopic (exact) mass is 755 g/mol. The molecular formula is C56H37NO2. The third-order valence-electron chi connectivity index (χ3n) is 11.5. The van der Waals surface area contributed by atoms with Crippen molar-refractivity contribution in [3.05, 3.63) is 224 Å². The van der Waals surface area contributed by atoms with Gasteiger partial charge in [0.05, 0.1) is 5.69 Å². The molecule has 3 heteroatoms. The van der Waals surface area contributed by atoms with E-state index in [1.807, 2.05) is 18.2 Å². The molecule has 278 valence electrons. The zero-order valence-corrected chi connectivity index (χ0v) is 32.2. The maximum Gasteiger partial charge on any atom is 0.143 e. The van der Waals surface area contributed by atoms with Gasteiger partial charge in [-0.15, -0.1) is 0 Å². The van der Waals surface area contributed by atoms with E-state index in [2.05, 4.69) is 206 Å². The molecule has 0 unspecified atom stereocenters. The van der Waals surface area contributed by atoms with Crippen LogP contribution in [-0.4, -0.2) is 0 Å². The molecule has 0 atom stereocenters. The Labute approximate surface area is 341 Å². The molecule has 0 bridgehead atoms. The Kier molecular flexibility index (Phi) is 8.30. The smallest absolute Gasteiger partial charge is 0.143 e. The molecule has 0 aliphatic heterocycles. The lowest BCUT2D eigenvalue weighted by molar-refractivity contribution is 0.669. The second kappa shape index (κ2) is 14.3. The molecule has 3 nitrogen and oxygen atoms in total. The van der Waals surface area contributed by atoms with Crippen LogP contribution in [0.1, 0.15) is 5.56 Å². The van der Waals surface area contributed by atoms with Gasteiger partial charge in [-0.25, -0.2) is 0 Å². The number of rotatable bonds is 8. The van der Waals surface area contributed by atoms with Crippen LogP contribution in [-0.2, 0) is 0 Å². The molecule has 2 aromatic heterocycles. The fourth-order valence-corrected chi connectivity index (χ4v) is 8.60. The van der Waals surface area contributed by atoms with Crippen LogP contribution in [0.15, 0.2) is 227 Å². The van der Waals surface area contributed by atoms with E-state index in [-0.39, 0.29) is 0 Å². The third-order valence-corrected chi connectivity index (χ3v) is 11.5. The molecule has 0 aliphatic rings. The van der Waals surface area contributed by atoms with Crippen molar-refractivity contribution in [1.82, 2.24) is 0 Å². The Hall–Kier alpha value is -7.88. The minimum atomic E-state index is 0.872. The molecule has 0 saturated carbocycles. The van der Waals surface area contributed by atoms with Gasteiger partial charge in [-0.3, -0.25) is 0 Å². The van der Waals surface area contributed by atoms with Crippen molar-refractivity contribution in [3.8, 4) is 22.3 Å². The van der Waals surface area contributed by atoms with E-state index >= 15 is 0 Å². The number of hydrogen-bond donors (Lipinski definition) is 0. The second-order valence-electron chi connectivity index (χ2n) is 14.9. The van der Waals surface area contributed by atoms with Crippen LogP contribution in [0.2, 0.25) is 0 Å². The normalized spacial score (nSPS) is 12.2. The number of para-hydroxylation sites is 2. The number of nitrogens with zero attached hydrogens (tertiary/aromatic N) is 1. The van der Waals surface area contributed by atoms with Crippen molar-refractivity contribution in [2.24, 2.45) is 0 Å². The van der Waals surface area contributed by atoms with Crippen molar-refractivity contribution < 1.29 is 8.83 Å². The SMILES string of the molecule is C=C/C(=C\C=C\c1cccc2ccccc12)N(c1ccc(-c2ccc3oc4ccccc4c3c2)cc1)c1ccccc1-c1ccc2oc3c4ccccc4ccc3c2c1. The summed E-state index contributed by atoms with van der Waals surface area (Å²) in [5.41, 5.74) is 12.2. The predicted octanol–water partition coefficient (Wildman–Crippen LogP) is 16.0. The van der Waals surface area contributed by atoms with E-state index in [9.17, 15) is 0 Å². The first kappa shape index (κ1) is 34.4. The van der Waals surface area contributed by atoms with Crippen molar-refractivity contribution >= 4 is 82.9 Å². The van der Waals surface area contributed by atoms with Gasteiger partial charge in [-0.05, 0) is 105 Å². The molecule has 0 aliphatic carbocycles. The van der Waals surface area contributed by atoms with Gasteiger partial charge in [0.25, 0.3) is 0 Å². The highest BCUT2D eigenvalue weighted by Crippen LogP contribution is 2.42. The summed E-state index contributed by atoms with van der Waals surface area (Å²) in [7, 11) is 0. The summed E-state index contributed by atoms with van der Waals surface area (Å²) in [6.45, 7) is 4.35. The fourth-order valence-electron chi connectivity index (χ4n) is 8.60. The van der Waals surface area contributed by atoms with Crippen LogP contribution in [0.4, 0.5) is 11.4 Å². The van der Waals surface area contributed by atoms with Crippen LogP contribution >= 0.6 is 0 Å². The molecule has 0 saturated heterocycles. The Morgan fingerprint density at radius 3 is 1.93 bits per heavy atom. The van der Waals surface area contributed by atoms with Gasteiger partial charge in [0.15, 0.2) is 0 Å². The van der Waals surface area contributed by atoms with E-state index in [1.165, 1.54) is 16.2 Å². The minimum Gasteiger partial charge on any atom is -0.456 e. The lowest BCUT2D eigenvalue weighted by Gasteiger charge is -2.28. The summed E-state index contributed by atoms with van der Waals surface area (Å²) < 4.78 is 12.6. The second-order valence-corrected chi connectivity index (χ2v) is 14.9. The summed E-state index contributed by atoms with van der Waals surface area (Å²) in [5, 5.41) is 9.15. The topological polar surface area (TPSA) is 29.5 Å². The lowest BCUT2D eigenvalue weighted by Crippen LogP contribution is -2.16. The predicted molar refractivity (Wildman–Crippen MR) is 249 cm³/mol. The highest BCUT2D eigenvalue weighted by molar-refractivity contribution is 6.15. The molecular weight excluding hydrogens is 719 g/mol. The summed E-state index contributed by atoms with van der Waals surface area (Å²) >= 11 is 0. The van der Waals surface area contributed by atoms with Crippen LogP contribution in [0.25, 0.3) is 93.8 Å². The molecule has 11 rings (SSSR count). The van der Waals surface area contributed by atoms with Crippen molar-refractivity contribution in [2.45, 2.75) is 0 Å². The maximum atomic E-state index is 6.51. The average Bonchev–Trinajstić information content (AvgIpc) is 3.87. The number of furan rings is 2. The van der Waals surface area contributed by atoms with E-state index in [0.29, 0.717) is 0 Å². The standard InChI is InChI=1S/C56H37NO2/c1-2-43(18-12-17-39-16-11-15-38-13-3-5-19-45(38)39)57(44-30-25-37(26-31-44)41-28-33-54-50(35-41)48-22-8-10-24-53(48)58-54)52-23-9-7-20-46(52)42-29-34-55-51(36-42)49-32-27-40-14-4-6-21-47(40)56(49)59-55/h2-36H,1H2/b17-12+,43-18+. The Balaban J connectivity index is 1.04. The summed E-state index contributed by atoms with van der Waals surface area (Å²) in [5.74, 6) is 0. The largest absolute Gasteiger partial charge is 0.456 e. The summed E-state index contributed by atoms with van der Waals surface area (Å²) in [6, 6.07) is 66.3. The first-order valence-electron chi connectivity index (χ1n) is 19.9. The lowest BCUT2D eigenvalue weighted by atomic mass is 9.98. The highest BCUT2D eigenvalue weighted by Gasteiger charge is 2.19. The molecule has 0 radical (unpaired) electrons. The Morgan fingerprint density at radius 1 is 0.458 bits per heavy atom. The first-order valence-corrected chi connectivity index (χ1v) is 19.9. The van der Waals surface area contributed by atoms with Crippen LogP contribution in [0.5, 0.6) is 0 Å². The number of anilines is 2. The van der Waals surface area contributed by atoms with Gasteiger partial charge in [-0.2, -0.15) is 0 Å². The number of fused-ring (bicyclic) bond motifs is 9. The molecule has 0 spiro atoms. The average molecular weight is 756 g/mol. The van der Waals surface area contributed by atoms with Gasteiger partial charge >= 0.3 is 0 Å². The van der Waals surface area contributed by atoms with Crippen molar-refractivity contribution in [3.63, 3.8) is 0 Å². The van der Waals surface area contributed by atoms with E-state index < -0.39 is 0 Å². The van der Waals surface area contributed by atoms with Gasteiger partial charge in [0, 0.05) is 43.9 Å². The molecule has 11 aromatic rings. The van der Waals surface area contributed by atoms with E-state index in [4.69, 9.17) is 8.83 Å². The Morgan fingerprint density at radius 2 is 1.08 bits per heavy atom. The highest BCUT2D eigenvalue weighted by atomic mass is 16.3. The molecule has 0 amide bonds. The van der Waals surface area contributed by atoms with Crippen LogP contribution in [0.3, 0.4) is 0 Å². The van der Waals surface area contributed by atoms with Gasteiger partial charge < -0.3 is 13.7 Å². The molecule has 59 heavy (non-hydrogen) atoms. The van der Waals surface area contributed by atoms with Gasteiger partial charge in [0.1, 0.15) is 22.3 Å². The van der Waals surface area contributed by atoms with Gasteiger partial charge in [0.2, 0.25) is 0 Å². The van der Waals surface area contributed by atoms with Crippen molar-refractivity contribution in [1.29, 1.82) is 0 Å². The summed E-state index contributed by atoms with van der Waals surface area (Å²) in [6.07, 6.45) is 8.39. The fraction of sp³-hybridized carbons (Fsp3) is 0. The van der Waals surface area contributed by atoms with Crippen LogP contribution in [0, 0.1) is 0 Å². The third kappa shape index (κ3) is 6.00. The Bertz CT molecular complexity index is 3460. The van der Waals surface area contributed by atoms with Crippen molar-refractivity contribution in [2.75, 3.05) is 4.90 Å². The molecule has 2 heterocycles. The minimum absolute atomic E-state index is 0.872. The maximum absolute atomic E-state index is 6.51. The van der Waals surface area contributed by atoms with Gasteiger partial charge in [-0.1, -0.05) is 152 Å².